The van der Waals surface area contributed by atoms with Crippen molar-refractivity contribution >= 4 is 52.9 Å². The van der Waals surface area contributed by atoms with E-state index in [1.165, 1.54) is 16.0 Å². The molecule has 3 aliphatic carbocycles. The van der Waals surface area contributed by atoms with E-state index in [0.29, 0.717) is 5.69 Å². The molecular formula is C64H84N10O8. The molecule has 4 aliphatic rings. The van der Waals surface area contributed by atoms with Crippen LogP contribution >= 0.6 is 0 Å². The molecule has 8 rings (SSSR count). The molecular weight excluding hydrogens is 1040 g/mol. The maximum absolute atomic E-state index is 14.6. The highest BCUT2D eigenvalue weighted by Gasteiger charge is 2.46. The quantitative estimate of drug-likeness (QED) is 0.0510. The summed E-state index contributed by atoms with van der Waals surface area (Å²) in [6.07, 6.45) is 10.00. The number of benzene rings is 4. The highest BCUT2D eigenvalue weighted by atomic mass is 16.2. The number of nitrogens with zero attached hydrogens (tertiary/aromatic N) is 1. The number of rotatable bonds is 20. The standard InChI is InChI=1S/C64H84N10O8/c1-38(65-6)56(75)72-54(43-19-9-8-10-20-43)62(81)71-52(60(79)69-50-25-15-21-41-17-11-13-23-48(41)50)35-40-27-33-46(34-28-40)67-58(77)44-29-31-45(32-30-44)59(78)68-47-36-53(61(80)70-51-26-16-22-42-18-12-14-24-49(42)51)74(37-47)63(82)55(64(3,4)5)73-57(76)39(2)66-7/h11-14,17-18,23-24,27-34,38-39,43,47,50-55,65-66H,8-10,15-16,19-22,25-26,35-37H2,1-7H3,(H,67,77)(H,68,78)(H,69,79)(H,70,80)(H,71,81)(H,72,75)(H,73,76)/t38-,39-,47-,50+,51+,52-,53-,54-,55+/m0/s1. The smallest absolute Gasteiger partial charge is 0.255 e. The molecule has 2 fully saturated rings. The van der Waals surface area contributed by atoms with Gasteiger partial charge in [-0.25, -0.2) is 0 Å². The van der Waals surface area contributed by atoms with Gasteiger partial charge in [0.05, 0.1) is 24.2 Å². The zero-order valence-electron chi connectivity index (χ0n) is 48.6. The average Bonchev–Trinajstić information content (AvgIpc) is 4.02. The maximum Gasteiger partial charge on any atom is 0.255 e. The number of likely N-dealkylation sites (tertiary alicyclic amines) is 1. The number of anilines is 1. The summed E-state index contributed by atoms with van der Waals surface area (Å²) < 4.78 is 0. The first-order valence-electron chi connectivity index (χ1n) is 29.5. The molecule has 18 nitrogen and oxygen atoms in total. The van der Waals surface area contributed by atoms with Crippen molar-refractivity contribution in [2.75, 3.05) is 26.0 Å². The van der Waals surface area contributed by atoms with E-state index in [4.69, 9.17) is 0 Å². The summed E-state index contributed by atoms with van der Waals surface area (Å²) in [5.74, 6) is -3.09. The number of hydrogen-bond donors (Lipinski definition) is 9. The number of amides is 8. The van der Waals surface area contributed by atoms with Crippen LogP contribution in [0.25, 0.3) is 0 Å². The molecule has 4 aromatic carbocycles. The zero-order chi connectivity index (χ0) is 58.7. The van der Waals surface area contributed by atoms with Gasteiger partial charge in [-0.05, 0) is 161 Å². The van der Waals surface area contributed by atoms with E-state index in [1.807, 2.05) is 57.2 Å². The van der Waals surface area contributed by atoms with Crippen LogP contribution in [0.15, 0.2) is 97.1 Å². The molecule has 1 heterocycles. The van der Waals surface area contributed by atoms with Crippen molar-refractivity contribution in [2.45, 2.75) is 172 Å². The molecule has 0 spiro atoms. The van der Waals surface area contributed by atoms with E-state index in [1.54, 1.807) is 76.5 Å². The lowest BCUT2D eigenvalue weighted by Gasteiger charge is -2.36. The zero-order valence-corrected chi connectivity index (χ0v) is 48.6. The van der Waals surface area contributed by atoms with Crippen LogP contribution < -0.4 is 47.9 Å². The van der Waals surface area contributed by atoms with E-state index in [-0.39, 0.29) is 72.1 Å². The molecule has 82 heavy (non-hydrogen) atoms. The number of aryl methyl sites for hydroxylation is 2. The Labute approximate surface area is 482 Å². The van der Waals surface area contributed by atoms with Crippen LogP contribution in [0.5, 0.6) is 0 Å². The van der Waals surface area contributed by atoms with E-state index in [0.717, 1.165) is 87.3 Å². The minimum Gasteiger partial charge on any atom is -0.347 e. The molecule has 0 aromatic heterocycles. The van der Waals surface area contributed by atoms with Gasteiger partial charge in [-0.1, -0.05) is 101 Å². The second-order valence-electron chi connectivity index (χ2n) is 23.9. The van der Waals surface area contributed by atoms with E-state index < -0.39 is 71.3 Å². The fourth-order valence-corrected chi connectivity index (χ4v) is 11.9. The lowest BCUT2D eigenvalue weighted by molar-refractivity contribution is -0.144. The summed E-state index contributed by atoms with van der Waals surface area (Å²) >= 11 is 0. The number of likely N-dealkylation sites (N-methyl/N-ethyl adjacent to an activating group) is 2. The third-order valence-corrected chi connectivity index (χ3v) is 17.0. The largest absolute Gasteiger partial charge is 0.347 e. The topological polar surface area (TPSA) is 248 Å². The summed E-state index contributed by atoms with van der Waals surface area (Å²) in [7, 11) is 3.35. The van der Waals surface area contributed by atoms with Gasteiger partial charge >= 0.3 is 0 Å². The fraction of sp³-hybridized carbons (Fsp3) is 0.500. The van der Waals surface area contributed by atoms with Crippen LogP contribution in [0, 0.1) is 11.3 Å². The van der Waals surface area contributed by atoms with Crippen LogP contribution in [0.3, 0.4) is 0 Å². The van der Waals surface area contributed by atoms with E-state index in [2.05, 4.69) is 60.0 Å². The Morgan fingerprint density at radius 1 is 0.573 bits per heavy atom. The van der Waals surface area contributed by atoms with Gasteiger partial charge in [0.2, 0.25) is 35.4 Å². The van der Waals surface area contributed by atoms with Crippen molar-refractivity contribution < 1.29 is 38.4 Å². The molecule has 9 N–H and O–H groups in total. The third-order valence-electron chi connectivity index (χ3n) is 17.0. The van der Waals surface area contributed by atoms with Gasteiger partial charge in [-0.3, -0.25) is 38.4 Å². The molecule has 0 bridgehead atoms. The number of fused-ring (bicyclic) bond motifs is 2. The van der Waals surface area contributed by atoms with Crippen LogP contribution in [-0.4, -0.2) is 115 Å². The molecule has 8 amide bonds. The van der Waals surface area contributed by atoms with Crippen molar-refractivity contribution in [1.29, 1.82) is 0 Å². The number of carbonyl (C=O) groups excluding carboxylic acids is 8. The molecule has 1 aliphatic heterocycles. The first-order valence-corrected chi connectivity index (χ1v) is 29.5. The van der Waals surface area contributed by atoms with E-state index in [9.17, 15) is 38.4 Å². The molecule has 4 aromatic rings. The predicted octanol–water partition coefficient (Wildman–Crippen LogP) is 5.86. The Morgan fingerprint density at radius 3 is 1.70 bits per heavy atom. The molecule has 0 unspecified atom stereocenters. The molecule has 1 saturated carbocycles. The minimum absolute atomic E-state index is 0.0301. The monoisotopic (exact) mass is 1120 g/mol. The predicted molar refractivity (Wildman–Crippen MR) is 315 cm³/mol. The Hall–Kier alpha value is -7.44. The Kier molecular flexibility index (Phi) is 20.4. The van der Waals surface area contributed by atoms with Crippen molar-refractivity contribution in [1.82, 2.24) is 47.4 Å². The van der Waals surface area contributed by atoms with Crippen LogP contribution in [-0.2, 0) is 48.0 Å². The van der Waals surface area contributed by atoms with E-state index >= 15 is 0 Å². The third kappa shape index (κ3) is 15.2. The maximum atomic E-state index is 14.6. The van der Waals surface area contributed by atoms with Crippen LogP contribution in [0.4, 0.5) is 5.69 Å². The van der Waals surface area contributed by atoms with Gasteiger partial charge in [-0.15, -0.1) is 0 Å². The minimum atomic E-state index is -0.976. The van der Waals surface area contributed by atoms with Crippen molar-refractivity contribution in [2.24, 2.45) is 11.3 Å². The Bertz CT molecular complexity index is 2940. The first kappa shape index (κ1) is 60.7. The summed E-state index contributed by atoms with van der Waals surface area (Å²) in [4.78, 5) is 113. The lowest BCUT2D eigenvalue weighted by Crippen LogP contribution is -2.59. The fourth-order valence-electron chi connectivity index (χ4n) is 11.9. The summed E-state index contributed by atoms with van der Waals surface area (Å²) in [6.45, 7) is 9.04. The van der Waals surface area contributed by atoms with Gasteiger partial charge in [0.15, 0.2) is 0 Å². The summed E-state index contributed by atoms with van der Waals surface area (Å²) in [5, 5.41) is 27.3. The average molecular weight is 1120 g/mol. The SMILES string of the molecule is CN[C@@H](C)C(=O)N[C@H](C(=O)N[C@@H](Cc1ccc(NC(=O)c2ccc(C(=O)N[C@H]3C[C@@H](C(=O)N[C@@H]4CCCc5ccccc54)N(C(=O)[C@@H](NC(=O)[C@H](C)NC)C(C)(C)C)C3)cc2)cc1)C(=O)N[C@@H]1CCCc2ccccc21)C1CCCCC1. The molecule has 9 atom stereocenters. The van der Waals surface area contributed by atoms with Crippen molar-refractivity contribution in [3.63, 3.8) is 0 Å². The first-order chi connectivity index (χ1) is 39.3. The van der Waals surface area contributed by atoms with Crippen LogP contribution in [0.2, 0.25) is 0 Å². The van der Waals surface area contributed by atoms with Crippen molar-refractivity contribution in [3.05, 3.63) is 136 Å². The second kappa shape index (κ2) is 27.6. The molecule has 438 valence electrons. The van der Waals surface area contributed by atoms with Gasteiger partial charge in [-0.2, -0.15) is 0 Å². The Balaban J connectivity index is 0.929. The van der Waals surface area contributed by atoms with Crippen LogP contribution in [0.1, 0.15) is 159 Å². The Morgan fingerprint density at radius 2 is 1.12 bits per heavy atom. The molecule has 0 radical (unpaired) electrons. The van der Waals surface area contributed by atoms with Gasteiger partial charge in [0, 0.05) is 35.8 Å². The number of hydrogen-bond acceptors (Lipinski definition) is 10. The van der Waals surface area contributed by atoms with Gasteiger partial charge in [0.1, 0.15) is 24.2 Å². The summed E-state index contributed by atoms with van der Waals surface area (Å²) in [5.41, 5.74) is 5.52. The van der Waals surface area contributed by atoms with Gasteiger partial charge in [0.25, 0.3) is 11.8 Å². The number of nitrogens with one attached hydrogen (secondary N) is 9. The molecule has 18 heteroatoms. The lowest BCUT2D eigenvalue weighted by atomic mass is 9.83. The normalized spacial score (nSPS) is 20.7. The summed E-state index contributed by atoms with van der Waals surface area (Å²) in [6, 6.07) is 23.5. The number of carbonyl (C=O) groups is 8. The van der Waals surface area contributed by atoms with Crippen molar-refractivity contribution in [3.8, 4) is 0 Å². The second-order valence-corrected chi connectivity index (χ2v) is 23.9. The highest BCUT2D eigenvalue weighted by molar-refractivity contribution is 6.05. The van der Waals surface area contributed by atoms with Gasteiger partial charge < -0.3 is 52.8 Å². The molecule has 1 saturated heterocycles. The highest BCUT2D eigenvalue weighted by Crippen LogP contribution is 2.33.